The van der Waals surface area contributed by atoms with E-state index in [-0.39, 0.29) is 11.9 Å². The number of carbonyl (C=O) groups excluding carboxylic acids is 1. The van der Waals surface area contributed by atoms with Crippen LogP contribution in [0.3, 0.4) is 0 Å². The third-order valence-electron chi connectivity index (χ3n) is 5.10. The number of amides is 1. The minimum absolute atomic E-state index is 0.131. The van der Waals surface area contributed by atoms with Gasteiger partial charge >= 0.3 is 0 Å². The molecule has 0 radical (unpaired) electrons. The molecule has 5 heteroatoms. The second-order valence-electron chi connectivity index (χ2n) is 7.15. The Morgan fingerprint density at radius 3 is 2.81 bits per heavy atom. The number of pyridine rings is 1. The van der Waals surface area contributed by atoms with Crippen LogP contribution in [0.5, 0.6) is 0 Å². The highest BCUT2D eigenvalue weighted by atomic mass is 16.2. The first-order valence-electron chi connectivity index (χ1n) is 9.35. The number of likely N-dealkylation sites (tertiary alicyclic amines) is 1. The van der Waals surface area contributed by atoms with Crippen LogP contribution in [0.2, 0.25) is 0 Å². The Labute approximate surface area is 155 Å². The number of carbonyl (C=O) groups is 1. The summed E-state index contributed by atoms with van der Waals surface area (Å²) < 4.78 is 0. The van der Waals surface area contributed by atoms with Crippen molar-refractivity contribution in [2.45, 2.75) is 32.4 Å². The molecule has 3 rings (SSSR count). The highest BCUT2D eigenvalue weighted by molar-refractivity contribution is 5.81. The van der Waals surface area contributed by atoms with E-state index in [4.69, 9.17) is 5.73 Å². The van der Waals surface area contributed by atoms with Crippen LogP contribution in [-0.4, -0.2) is 41.5 Å². The lowest BCUT2D eigenvalue weighted by molar-refractivity contribution is -0.131. The minimum atomic E-state index is 0.131. The molecule has 2 heterocycles. The van der Waals surface area contributed by atoms with E-state index in [1.54, 1.807) is 6.20 Å². The number of piperidine rings is 1. The van der Waals surface area contributed by atoms with E-state index in [1.807, 2.05) is 60.5 Å². The van der Waals surface area contributed by atoms with Gasteiger partial charge in [-0.2, -0.15) is 0 Å². The number of nitrogens with two attached hydrogens (primary N) is 1. The zero-order valence-electron chi connectivity index (χ0n) is 15.4. The highest BCUT2D eigenvalue weighted by Crippen LogP contribution is 2.21. The van der Waals surface area contributed by atoms with Crippen LogP contribution in [0.15, 0.2) is 54.9 Å². The van der Waals surface area contributed by atoms with E-state index in [1.165, 1.54) is 0 Å². The summed E-state index contributed by atoms with van der Waals surface area (Å²) >= 11 is 0. The molecule has 26 heavy (non-hydrogen) atoms. The van der Waals surface area contributed by atoms with E-state index in [2.05, 4.69) is 9.88 Å². The third kappa shape index (κ3) is 4.82. The molecule has 138 valence electrons. The van der Waals surface area contributed by atoms with E-state index in [9.17, 15) is 4.79 Å². The predicted molar refractivity (Wildman–Crippen MR) is 105 cm³/mol. The number of anilines is 1. The first-order chi connectivity index (χ1) is 12.6. The molecule has 2 atom stereocenters. The number of nitrogens with zero attached hydrogens (tertiary/aromatic N) is 3. The molecule has 2 N–H and O–H groups in total. The van der Waals surface area contributed by atoms with Crippen molar-refractivity contribution in [2.75, 3.05) is 24.5 Å². The number of aromatic nitrogens is 1. The van der Waals surface area contributed by atoms with Crippen molar-refractivity contribution in [3.8, 4) is 0 Å². The summed E-state index contributed by atoms with van der Waals surface area (Å²) in [5.41, 5.74) is 8.21. The zero-order valence-corrected chi connectivity index (χ0v) is 15.4. The van der Waals surface area contributed by atoms with Gasteiger partial charge in [0, 0.05) is 43.8 Å². The van der Waals surface area contributed by atoms with Gasteiger partial charge in [0.1, 0.15) is 0 Å². The maximum absolute atomic E-state index is 13.0. The molecule has 0 saturated carbocycles. The largest absolute Gasteiger partial charge is 0.358 e. The van der Waals surface area contributed by atoms with Gasteiger partial charge < -0.3 is 15.5 Å². The Hall–Kier alpha value is -2.40. The minimum Gasteiger partial charge on any atom is -0.358 e. The SMILES string of the molecule is CC(N)C1CCCN(C(=O)CN(Cc2cccnc2)c2ccccc2)C1. The molecular weight excluding hydrogens is 324 g/mol. The van der Waals surface area contributed by atoms with E-state index >= 15 is 0 Å². The monoisotopic (exact) mass is 352 g/mol. The first kappa shape index (κ1) is 18.4. The molecule has 2 aromatic rings. The highest BCUT2D eigenvalue weighted by Gasteiger charge is 2.26. The Morgan fingerprint density at radius 2 is 2.12 bits per heavy atom. The summed E-state index contributed by atoms with van der Waals surface area (Å²) in [6, 6.07) is 14.2. The number of hydrogen-bond donors (Lipinski definition) is 1. The van der Waals surface area contributed by atoms with Gasteiger partial charge in [-0.3, -0.25) is 9.78 Å². The molecule has 1 saturated heterocycles. The van der Waals surface area contributed by atoms with Crippen molar-refractivity contribution in [1.82, 2.24) is 9.88 Å². The standard InChI is InChI=1S/C21H28N4O/c1-17(22)19-8-6-12-24(15-19)21(26)16-25(20-9-3-2-4-10-20)14-18-7-5-11-23-13-18/h2-5,7,9-11,13,17,19H,6,8,12,14-16,22H2,1H3. The molecule has 1 aromatic heterocycles. The molecule has 0 bridgehead atoms. The lowest BCUT2D eigenvalue weighted by Gasteiger charge is -2.36. The van der Waals surface area contributed by atoms with Gasteiger partial charge in [-0.05, 0) is 49.4 Å². The van der Waals surface area contributed by atoms with Crippen LogP contribution < -0.4 is 10.6 Å². The maximum Gasteiger partial charge on any atom is 0.242 e. The van der Waals surface area contributed by atoms with Crippen molar-refractivity contribution < 1.29 is 4.79 Å². The van der Waals surface area contributed by atoms with Crippen LogP contribution in [-0.2, 0) is 11.3 Å². The maximum atomic E-state index is 13.0. The van der Waals surface area contributed by atoms with Crippen molar-refractivity contribution in [3.63, 3.8) is 0 Å². The number of rotatable bonds is 6. The number of hydrogen-bond acceptors (Lipinski definition) is 4. The summed E-state index contributed by atoms with van der Waals surface area (Å²) in [5.74, 6) is 0.569. The van der Waals surface area contributed by atoms with Crippen molar-refractivity contribution in [2.24, 2.45) is 11.7 Å². The lowest BCUT2D eigenvalue weighted by atomic mass is 9.92. The average molecular weight is 352 g/mol. The summed E-state index contributed by atoms with van der Waals surface area (Å²) in [4.78, 5) is 21.3. The Balaban J connectivity index is 1.72. The second-order valence-corrected chi connectivity index (χ2v) is 7.15. The summed E-state index contributed by atoms with van der Waals surface area (Å²) in [5, 5.41) is 0. The van der Waals surface area contributed by atoms with Gasteiger partial charge in [0.15, 0.2) is 0 Å². The predicted octanol–water partition coefficient (Wildman–Crippen LogP) is 2.67. The second kappa shape index (κ2) is 8.81. The molecule has 1 amide bonds. The Morgan fingerprint density at radius 1 is 1.31 bits per heavy atom. The normalized spacial score (nSPS) is 18.4. The van der Waals surface area contributed by atoms with Gasteiger partial charge in [0.25, 0.3) is 0 Å². The Bertz CT molecular complexity index is 690. The van der Waals surface area contributed by atoms with E-state index in [0.29, 0.717) is 19.0 Å². The molecule has 0 aliphatic carbocycles. The average Bonchev–Trinajstić information content (AvgIpc) is 2.69. The van der Waals surface area contributed by atoms with Crippen LogP contribution in [0.4, 0.5) is 5.69 Å². The molecule has 2 unspecified atom stereocenters. The van der Waals surface area contributed by atoms with Crippen LogP contribution in [0.1, 0.15) is 25.3 Å². The van der Waals surface area contributed by atoms with Crippen LogP contribution in [0, 0.1) is 5.92 Å². The van der Waals surface area contributed by atoms with Gasteiger partial charge in [0.2, 0.25) is 5.91 Å². The summed E-state index contributed by atoms with van der Waals surface area (Å²) in [6.45, 7) is 4.67. The molecule has 0 spiro atoms. The molecule has 5 nitrogen and oxygen atoms in total. The third-order valence-corrected chi connectivity index (χ3v) is 5.10. The molecule has 1 aliphatic heterocycles. The number of benzene rings is 1. The van der Waals surface area contributed by atoms with Crippen LogP contribution in [0.25, 0.3) is 0 Å². The van der Waals surface area contributed by atoms with Crippen molar-refractivity contribution in [3.05, 3.63) is 60.4 Å². The Kier molecular flexibility index (Phi) is 6.23. The molecule has 1 aromatic carbocycles. The fourth-order valence-corrected chi connectivity index (χ4v) is 3.52. The topological polar surface area (TPSA) is 62.5 Å². The fraction of sp³-hybridized carbons (Fsp3) is 0.429. The summed E-state index contributed by atoms with van der Waals surface area (Å²) in [7, 11) is 0. The number of para-hydroxylation sites is 1. The smallest absolute Gasteiger partial charge is 0.242 e. The van der Waals surface area contributed by atoms with Gasteiger partial charge in [-0.25, -0.2) is 0 Å². The van der Waals surface area contributed by atoms with Crippen molar-refractivity contribution >= 4 is 11.6 Å². The molecule has 1 aliphatic rings. The van der Waals surface area contributed by atoms with E-state index in [0.717, 1.165) is 37.2 Å². The van der Waals surface area contributed by atoms with Gasteiger partial charge in [-0.1, -0.05) is 24.3 Å². The fourth-order valence-electron chi connectivity index (χ4n) is 3.52. The first-order valence-corrected chi connectivity index (χ1v) is 9.35. The van der Waals surface area contributed by atoms with Crippen molar-refractivity contribution in [1.29, 1.82) is 0 Å². The van der Waals surface area contributed by atoms with Crippen LogP contribution >= 0.6 is 0 Å². The van der Waals surface area contributed by atoms with Gasteiger partial charge in [-0.15, -0.1) is 0 Å². The van der Waals surface area contributed by atoms with Gasteiger partial charge in [0.05, 0.1) is 6.54 Å². The zero-order chi connectivity index (χ0) is 18.4. The summed E-state index contributed by atoms with van der Waals surface area (Å²) in [6.07, 6.45) is 5.77. The quantitative estimate of drug-likeness (QED) is 0.868. The lowest BCUT2D eigenvalue weighted by Crippen LogP contribution is -2.48. The van der Waals surface area contributed by atoms with E-state index < -0.39 is 0 Å². The molecule has 1 fully saturated rings. The molecular formula is C21H28N4O.